The van der Waals surface area contributed by atoms with Crippen LogP contribution in [0.1, 0.15) is 25.8 Å². The minimum Gasteiger partial charge on any atom is -0.465 e. The lowest BCUT2D eigenvalue weighted by atomic mass is 10.0. The fourth-order valence-corrected chi connectivity index (χ4v) is 4.52. The van der Waals surface area contributed by atoms with Gasteiger partial charge in [-0.3, -0.25) is 4.79 Å². The highest BCUT2D eigenvalue weighted by atomic mass is 32.2. The molecule has 4 nitrogen and oxygen atoms in total. The second kappa shape index (κ2) is 6.40. The predicted molar refractivity (Wildman–Crippen MR) is 91.4 cm³/mol. The summed E-state index contributed by atoms with van der Waals surface area (Å²) in [6.07, 6.45) is 1.25. The topological polar surface area (TPSA) is 60.4 Å². The zero-order valence-electron chi connectivity index (χ0n) is 13.8. The van der Waals surface area contributed by atoms with Crippen molar-refractivity contribution in [2.24, 2.45) is 5.92 Å². The van der Waals surface area contributed by atoms with Gasteiger partial charge in [0.05, 0.1) is 22.3 Å². The van der Waals surface area contributed by atoms with E-state index in [1.165, 1.54) is 0 Å². The van der Waals surface area contributed by atoms with E-state index in [-0.39, 0.29) is 18.5 Å². The highest BCUT2D eigenvalue weighted by molar-refractivity contribution is 7.92. The predicted octanol–water partition coefficient (Wildman–Crippen LogP) is 3.63. The summed E-state index contributed by atoms with van der Waals surface area (Å²) in [5.74, 6) is -0.321. The molecule has 0 saturated carbocycles. The molecule has 0 aromatic heterocycles. The molecule has 1 aliphatic heterocycles. The summed E-state index contributed by atoms with van der Waals surface area (Å²) < 4.78 is 30.5. The minimum absolute atomic E-state index is 0.111. The van der Waals surface area contributed by atoms with Crippen LogP contribution in [0, 0.1) is 5.92 Å². The van der Waals surface area contributed by atoms with E-state index in [2.05, 4.69) is 0 Å². The summed E-state index contributed by atoms with van der Waals surface area (Å²) in [5, 5.41) is 0. The third-order valence-electron chi connectivity index (χ3n) is 4.45. The third-order valence-corrected chi connectivity index (χ3v) is 6.30. The van der Waals surface area contributed by atoms with Crippen LogP contribution < -0.4 is 0 Å². The van der Waals surface area contributed by atoms with Gasteiger partial charge in [-0.15, -0.1) is 0 Å². The Kier molecular flexibility index (Phi) is 4.45. The van der Waals surface area contributed by atoms with Gasteiger partial charge in [0, 0.05) is 17.5 Å². The van der Waals surface area contributed by atoms with E-state index in [4.69, 9.17) is 4.74 Å². The van der Waals surface area contributed by atoms with Crippen LogP contribution in [0.3, 0.4) is 0 Å². The smallest absolute Gasteiger partial charge is 0.308 e. The molecule has 2 aromatic carbocycles. The number of carbonyl (C=O) groups is 1. The average molecular weight is 344 g/mol. The van der Waals surface area contributed by atoms with Crippen LogP contribution >= 0.6 is 0 Å². The summed E-state index contributed by atoms with van der Waals surface area (Å²) in [6, 6.07) is 12.5. The largest absolute Gasteiger partial charge is 0.465 e. The summed E-state index contributed by atoms with van der Waals surface area (Å²) in [5.41, 5.74) is 2.34. The molecule has 0 saturated heterocycles. The molecule has 24 heavy (non-hydrogen) atoms. The third kappa shape index (κ3) is 2.84. The quantitative estimate of drug-likeness (QED) is 0.663. The first kappa shape index (κ1) is 16.7. The van der Waals surface area contributed by atoms with E-state index < -0.39 is 9.84 Å². The molecule has 0 aliphatic carbocycles. The molecule has 1 atom stereocenters. The van der Waals surface area contributed by atoms with Crippen molar-refractivity contribution in [1.29, 1.82) is 0 Å². The van der Waals surface area contributed by atoms with Gasteiger partial charge in [-0.2, -0.15) is 0 Å². The Balaban J connectivity index is 1.79. The normalized spacial score (nSPS) is 15.4. The molecular formula is C19H20O4S. The maximum Gasteiger partial charge on any atom is 0.308 e. The summed E-state index contributed by atoms with van der Waals surface area (Å²) in [7, 11) is -3.45. The van der Waals surface area contributed by atoms with Crippen LogP contribution in [0.25, 0.3) is 11.1 Å². The fraction of sp³-hybridized carbons (Fsp3) is 0.316. The molecule has 0 amide bonds. The zero-order valence-corrected chi connectivity index (χ0v) is 14.6. The lowest BCUT2D eigenvalue weighted by Gasteiger charge is -2.09. The van der Waals surface area contributed by atoms with Crippen LogP contribution in [0.2, 0.25) is 0 Å². The minimum atomic E-state index is -3.45. The number of benzene rings is 2. The van der Waals surface area contributed by atoms with Gasteiger partial charge in [-0.1, -0.05) is 44.2 Å². The molecule has 0 spiro atoms. The van der Waals surface area contributed by atoms with Crippen LogP contribution in [-0.4, -0.2) is 21.0 Å². The van der Waals surface area contributed by atoms with E-state index in [0.717, 1.165) is 23.1 Å². The fourth-order valence-electron chi connectivity index (χ4n) is 2.79. The van der Waals surface area contributed by atoms with Crippen LogP contribution in [0.5, 0.6) is 0 Å². The van der Waals surface area contributed by atoms with Gasteiger partial charge >= 0.3 is 5.97 Å². The molecule has 126 valence electrons. The van der Waals surface area contributed by atoms with Gasteiger partial charge < -0.3 is 4.74 Å². The molecule has 1 aliphatic rings. The van der Waals surface area contributed by atoms with E-state index in [1.54, 1.807) is 18.2 Å². The molecule has 1 heterocycles. The van der Waals surface area contributed by atoms with Crippen molar-refractivity contribution in [3.8, 4) is 11.1 Å². The molecule has 0 N–H and O–H groups in total. The number of fused-ring (bicyclic) bond motifs is 3. The molecule has 1 unspecified atom stereocenters. The molecular weight excluding hydrogens is 324 g/mol. The van der Waals surface area contributed by atoms with Gasteiger partial charge in [-0.05, 0) is 24.1 Å². The van der Waals surface area contributed by atoms with Crippen molar-refractivity contribution < 1.29 is 17.9 Å². The number of esters is 1. The Morgan fingerprint density at radius 1 is 1.08 bits per heavy atom. The van der Waals surface area contributed by atoms with Crippen LogP contribution in [0.4, 0.5) is 0 Å². The summed E-state index contributed by atoms with van der Waals surface area (Å²) >= 11 is 0. The van der Waals surface area contributed by atoms with E-state index >= 15 is 0 Å². The first-order chi connectivity index (χ1) is 11.4. The zero-order chi connectivity index (χ0) is 17.3. The second-order valence-electron chi connectivity index (χ2n) is 6.06. The van der Waals surface area contributed by atoms with Crippen molar-refractivity contribution in [3.63, 3.8) is 0 Å². The average Bonchev–Trinajstić information content (AvgIpc) is 2.82. The van der Waals surface area contributed by atoms with Gasteiger partial charge in [0.15, 0.2) is 0 Å². The molecule has 0 fully saturated rings. The maximum absolute atomic E-state index is 12.7. The number of sulfone groups is 1. The molecule has 0 radical (unpaired) electrons. The van der Waals surface area contributed by atoms with Crippen LogP contribution in [0.15, 0.2) is 52.3 Å². The van der Waals surface area contributed by atoms with Crippen molar-refractivity contribution in [2.75, 3.05) is 6.61 Å². The van der Waals surface area contributed by atoms with Gasteiger partial charge in [-0.25, -0.2) is 8.42 Å². The lowest BCUT2D eigenvalue weighted by molar-refractivity contribution is -0.147. The van der Waals surface area contributed by atoms with Crippen molar-refractivity contribution in [1.82, 2.24) is 0 Å². The maximum atomic E-state index is 12.7. The van der Waals surface area contributed by atoms with Crippen molar-refractivity contribution in [3.05, 3.63) is 48.0 Å². The second-order valence-corrected chi connectivity index (χ2v) is 7.94. The molecule has 5 heteroatoms. The molecule has 2 aromatic rings. The number of hydrogen-bond acceptors (Lipinski definition) is 4. The van der Waals surface area contributed by atoms with Gasteiger partial charge in [0.2, 0.25) is 9.84 Å². The Bertz CT molecular complexity index is 884. The van der Waals surface area contributed by atoms with Crippen molar-refractivity contribution >= 4 is 15.8 Å². The SMILES string of the molecule is CCC(C)C(=O)OCCc1ccc2c(c1)S(=O)(=O)c1ccccc1-2. The summed E-state index contributed by atoms with van der Waals surface area (Å²) in [4.78, 5) is 12.4. The standard InChI is InChI=1S/C19H20O4S/c1-3-13(2)19(20)23-11-10-14-8-9-16-15-6-4-5-7-17(15)24(21,22)18(16)12-14/h4-9,12-13H,3,10-11H2,1-2H3. The van der Waals surface area contributed by atoms with Gasteiger partial charge in [0.1, 0.15) is 0 Å². The Morgan fingerprint density at radius 3 is 2.54 bits per heavy atom. The highest BCUT2D eigenvalue weighted by Crippen LogP contribution is 2.43. The Hall–Kier alpha value is -2.14. The number of carbonyl (C=O) groups excluding carboxylic acids is 1. The van der Waals surface area contributed by atoms with Gasteiger partial charge in [0.25, 0.3) is 0 Å². The number of ether oxygens (including phenoxy) is 1. The summed E-state index contributed by atoms with van der Waals surface area (Å²) in [6.45, 7) is 4.03. The number of rotatable bonds is 5. The first-order valence-corrected chi connectivity index (χ1v) is 9.57. The van der Waals surface area contributed by atoms with Crippen molar-refractivity contribution in [2.45, 2.75) is 36.5 Å². The van der Waals surface area contributed by atoms with E-state index in [9.17, 15) is 13.2 Å². The Labute approximate surface area is 142 Å². The highest BCUT2D eigenvalue weighted by Gasteiger charge is 2.32. The Morgan fingerprint density at radius 2 is 1.79 bits per heavy atom. The lowest BCUT2D eigenvalue weighted by Crippen LogP contribution is -2.15. The first-order valence-electron chi connectivity index (χ1n) is 8.09. The molecule has 3 rings (SSSR count). The van der Waals surface area contributed by atoms with E-state index in [0.29, 0.717) is 16.2 Å². The van der Waals surface area contributed by atoms with Crippen LogP contribution in [-0.2, 0) is 25.8 Å². The monoisotopic (exact) mass is 344 g/mol. The van der Waals surface area contributed by atoms with E-state index in [1.807, 2.05) is 38.1 Å². The molecule has 0 bridgehead atoms. The number of hydrogen-bond donors (Lipinski definition) is 0.